The molecule has 0 bridgehead atoms. The van der Waals surface area contributed by atoms with Crippen LogP contribution in [0.2, 0.25) is 0 Å². The van der Waals surface area contributed by atoms with Gasteiger partial charge in [-0.05, 0) is 69.4 Å². The van der Waals surface area contributed by atoms with E-state index in [1.165, 1.54) is 49.8 Å². The number of hydrogen-bond acceptors (Lipinski definition) is 12. The third kappa shape index (κ3) is 7.60. The number of carbonyl (C=O) groups excluding carboxylic acids is 3. The van der Waals surface area contributed by atoms with Crippen molar-refractivity contribution in [2.24, 2.45) is 0 Å². The molecule has 2 heterocycles. The molecule has 0 radical (unpaired) electrons. The number of carbonyl (C=O) groups is 3. The predicted octanol–water partition coefficient (Wildman–Crippen LogP) is 5.36. The van der Waals surface area contributed by atoms with Gasteiger partial charge in [0, 0.05) is 34.3 Å². The van der Waals surface area contributed by atoms with Crippen LogP contribution in [0.5, 0.6) is 11.5 Å². The van der Waals surface area contributed by atoms with Crippen molar-refractivity contribution in [2.45, 2.75) is 56.5 Å². The minimum absolute atomic E-state index is 0.0624. The molecule has 16 heteroatoms. The number of nitro benzene ring substituents is 1. The molecule has 0 unspecified atom stereocenters. The number of nitrogens with zero attached hydrogens (tertiary/aromatic N) is 4. The molecule has 14 nitrogen and oxygen atoms in total. The highest BCUT2D eigenvalue weighted by Crippen LogP contribution is 2.39. The Hall–Kier alpha value is -4.96. The molecule has 5 rings (SSSR count). The zero-order valence-corrected chi connectivity index (χ0v) is 28.4. The summed E-state index contributed by atoms with van der Waals surface area (Å²) >= 11 is 2.51. The first-order chi connectivity index (χ1) is 23.1. The molecule has 48 heavy (non-hydrogen) atoms. The van der Waals surface area contributed by atoms with Crippen LogP contribution in [0.15, 0.2) is 47.6 Å². The number of thioether (sulfide) groups is 1. The first kappa shape index (κ1) is 34.4. The van der Waals surface area contributed by atoms with Crippen molar-refractivity contribution in [3.05, 3.63) is 80.0 Å². The van der Waals surface area contributed by atoms with E-state index < -0.39 is 22.0 Å². The van der Waals surface area contributed by atoms with Gasteiger partial charge in [-0.2, -0.15) is 0 Å². The molecule has 4 aromatic rings. The molecule has 2 aromatic carbocycles. The number of benzene rings is 2. The summed E-state index contributed by atoms with van der Waals surface area (Å²) < 4.78 is 17.5. The van der Waals surface area contributed by atoms with Gasteiger partial charge in [0.1, 0.15) is 16.5 Å². The fourth-order valence-corrected chi connectivity index (χ4v) is 7.34. The maximum Gasteiger partial charge on any atom is 0.341 e. The molecule has 0 fully saturated rings. The van der Waals surface area contributed by atoms with E-state index in [1.807, 2.05) is 0 Å². The molecule has 2 N–H and O–H groups in total. The molecule has 0 saturated carbocycles. The molecule has 2 amide bonds. The van der Waals surface area contributed by atoms with Crippen molar-refractivity contribution in [1.82, 2.24) is 20.1 Å². The number of anilines is 1. The quantitative estimate of drug-likeness (QED) is 0.0797. The van der Waals surface area contributed by atoms with E-state index in [2.05, 4.69) is 20.8 Å². The summed E-state index contributed by atoms with van der Waals surface area (Å²) in [7, 11) is 2.97. The van der Waals surface area contributed by atoms with Crippen molar-refractivity contribution in [2.75, 3.05) is 26.1 Å². The Morgan fingerprint density at radius 2 is 1.75 bits per heavy atom. The molecule has 0 spiro atoms. The lowest BCUT2D eigenvalue weighted by molar-refractivity contribution is -0.384. The van der Waals surface area contributed by atoms with Gasteiger partial charge in [0.05, 0.1) is 43.1 Å². The van der Waals surface area contributed by atoms with Gasteiger partial charge in [0.2, 0.25) is 5.91 Å². The molecule has 0 saturated heterocycles. The van der Waals surface area contributed by atoms with Gasteiger partial charge in [-0.3, -0.25) is 24.3 Å². The van der Waals surface area contributed by atoms with Gasteiger partial charge in [0.25, 0.3) is 11.6 Å². The van der Waals surface area contributed by atoms with E-state index in [4.69, 9.17) is 14.2 Å². The highest BCUT2D eigenvalue weighted by Gasteiger charge is 2.29. The summed E-state index contributed by atoms with van der Waals surface area (Å²) in [5.74, 6) is -0.0388. The lowest BCUT2D eigenvalue weighted by Gasteiger charge is -2.15. The first-order valence-electron chi connectivity index (χ1n) is 15.1. The average molecular weight is 695 g/mol. The van der Waals surface area contributed by atoms with Crippen LogP contribution >= 0.6 is 23.1 Å². The van der Waals surface area contributed by atoms with E-state index in [9.17, 15) is 24.5 Å². The van der Waals surface area contributed by atoms with E-state index in [1.54, 1.807) is 36.6 Å². The second-order valence-corrected chi connectivity index (χ2v) is 13.1. The normalized spacial score (nSPS) is 12.8. The molecule has 252 valence electrons. The largest absolute Gasteiger partial charge is 0.497 e. The molecule has 1 atom stereocenters. The van der Waals surface area contributed by atoms with E-state index in [-0.39, 0.29) is 24.7 Å². The summed E-state index contributed by atoms with van der Waals surface area (Å²) in [6, 6.07) is 10.6. The number of rotatable bonds is 13. The number of amides is 2. The maximum atomic E-state index is 13.5. The number of non-ortho nitro benzene ring substituents is 1. The second kappa shape index (κ2) is 15.3. The number of nitro groups is 1. The Morgan fingerprint density at radius 3 is 2.40 bits per heavy atom. The lowest BCUT2D eigenvalue weighted by atomic mass is 9.95. The molecular weight excluding hydrogens is 661 g/mol. The number of aromatic nitrogens is 3. The van der Waals surface area contributed by atoms with Crippen molar-refractivity contribution >= 4 is 51.6 Å². The zero-order chi connectivity index (χ0) is 34.4. The van der Waals surface area contributed by atoms with Crippen molar-refractivity contribution < 1.29 is 33.5 Å². The van der Waals surface area contributed by atoms with Crippen LogP contribution in [-0.4, -0.2) is 63.5 Å². The number of ether oxygens (including phenoxy) is 3. The van der Waals surface area contributed by atoms with Crippen molar-refractivity contribution in [1.29, 1.82) is 0 Å². The number of aryl methyl sites for hydroxylation is 1. The highest BCUT2D eigenvalue weighted by molar-refractivity contribution is 8.00. The van der Waals surface area contributed by atoms with Gasteiger partial charge >= 0.3 is 5.97 Å². The molecule has 1 aliphatic rings. The fraction of sp³-hybridized carbons (Fsp3) is 0.344. The highest BCUT2D eigenvalue weighted by atomic mass is 32.2. The number of nitrogens with one attached hydrogen (secondary N) is 2. The predicted molar refractivity (Wildman–Crippen MR) is 180 cm³/mol. The van der Waals surface area contributed by atoms with E-state index in [0.29, 0.717) is 44.3 Å². The second-order valence-electron chi connectivity index (χ2n) is 10.7. The van der Waals surface area contributed by atoms with Crippen LogP contribution in [0.25, 0.3) is 5.69 Å². The van der Waals surface area contributed by atoms with Crippen LogP contribution < -0.4 is 20.1 Å². The molecule has 2 aromatic heterocycles. The van der Waals surface area contributed by atoms with Crippen LogP contribution in [0, 0.1) is 10.1 Å². The maximum absolute atomic E-state index is 13.5. The average Bonchev–Trinajstić information content (AvgIpc) is 3.67. The summed E-state index contributed by atoms with van der Waals surface area (Å²) in [6.07, 6.45) is 3.58. The van der Waals surface area contributed by atoms with E-state index in [0.717, 1.165) is 47.9 Å². The summed E-state index contributed by atoms with van der Waals surface area (Å²) in [6.45, 7) is 3.60. The molecule has 1 aliphatic carbocycles. The molecular formula is C32H34N6O8S2. The lowest BCUT2D eigenvalue weighted by Crippen LogP contribution is -2.25. The number of hydrogen-bond donors (Lipinski definition) is 2. The van der Waals surface area contributed by atoms with Gasteiger partial charge in [-0.1, -0.05) is 11.8 Å². The van der Waals surface area contributed by atoms with Crippen LogP contribution in [0.1, 0.15) is 63.7 Å². The Bertz CT molecular complexity index is 1820. The number of fused-ring (bicyclic) bond motifs is 1. The van der Waals surface area contributed by atoms with Crippen molar-refractivity contribution in [3.63, 3.8) is 0 Å². The van der Waals surface area contributed by atoms with E-state index >= 15 is 0 Å². The SMILES string of the molecule is CCOC(=O)c1c(NC(=O)[C@H](C)Sc2nnc(CNC(=O)c3cc(OC)cc(OC)c3)n2-c2ccc([N+](=O)[O-])cc2)sc2c1CCCC2. The minimum Gasteiger partial charge on any atom is -0.497 e. The number of esters is 1. The van der Waals surface area contributed by atoms with Crippen LogP contribution in [0.4, 0.5) is 10.7 Å². The zero-order valence-electron chi connectivity index (χ0n) is 26.7. The Morgan fingerprint density at radius 1 is 1.06 bits per heavy atom. The monoisotopic (exact) mass is 694 g/mol. The first-order valence-corrected chi connectivity index (χ1v) is 16.8. The van der Waals surface area contributed by atoms with Gasteiger partial charge in [0.15, 0.2) is 11.0 Å². The number of thiophene rings is 1. The van der Waals surface area contributed by atoms with Crippen LogP contribution in [0.3, 0.4) is 0 Å². The Kier molecular flexibility index (Phi) is 11.0. The van der Waals surface area contributed by atoms with Crippen molar-refractivity contribution in [3.8, 4) is 17.2 Å². The molecule has 0 aliphatic heterocycles. The topological polar surface area (TPSA) is 177 Å². The van der Waals surface area contributed by atoms with Crippen LogP contribution in [-0.2, 0) is 28.9 Å². The minimum atomic E-state index is -0.702. The van der Waals surface area contributed by atoms with Gasteiger partial charge in [-0.15, -0.1) is 21.5 Å². The third-order valence-corrected chi connectivity index (χ3v) is 9.83. The summed E-state index contributed by atoms with van der Waals surface area (Å²) in [5, 5.41) is 25.7. The fourth-order valence-electron chi connectivity index (χ4n) is 5.17. The summed E-state index contributed by atoms with van der Waals surface area (Å²) in [4.78, 5) is 51.4. The van der Waals surface area contributed by atoms with Gasteiger partial charge < -0.3 is 24.8 Å². The summed E-state index contributed by atoms with van der Waals surface area (Å²) in [5.41, 5.74) is 2.04. The van der Waals surface area contributed by atoms with Gasteiger partial charge in [-0.25, -0.2) is 4.79 Å². The Balaban J connectivity index is 1.39. The number of methoxy groups -OCH3 is 2. The standard InChI is InChI=1S/C32H34N6O8S2/c1-5-46-31(41)27-24-8-6-7-9-25(24)48-30(27)34-28(39)18(2)47-32-36-35-26(37(32)20-10-12-21(13-11-20)38(42)43)17-33-29(40)19-14-22(44-3)16-23(15-19)45-4/h10-16,18H,5-9,17H2,1-4H3,(H,33,40)(H,34,39)/t18-/m0/s1. The third-order valence-electron chi connectivity index (χ3n) is 7.58. The Labute approximate surface area is 284 Å². The smallest absolute Gasteiger partial charge is 0.341 e.